The molecule has 1 saturated heterocycles. The Kier molecular flexibility index (Phi) is 4.81. The van der Waals surface area contributed by atoms with Crippen molar-refractivity contribution in [2.75, 3.05) is 6.61 Å². The van der Waals surface area contributed by atoms with E-state index >= 15 is 0 Å². The summed E-state index contributed by atoms with van der Waals surface area (Å²) in [4.78, 5) is 38.9. The zero-order valence-corrected chi connectivity index (χ0v) is 13.3. The van der Waals surface area contributed by atoms with Gasteiger partial charge in [0, 0.05) is 17.9 Å². The highest BCUT2D eigenvalue weighted by molar-refractivity contribution is 6.05. The second kappa shape index (κ2) is 6.44. The van der Waals surface area contributed by atoms with Crippen molar-refractivity contribution in [2.24, 2.45) is 0 Å². The molecule has 1 fully saturated rings. The molecule has 1 aromatic heterocycles. The number of nitrogens with one attached hydrogen (secondary N) is 1. The molecular formula is C16H21NO5. The van der Waals surface area contributed by atoms with Gasteiger partial charge in [-0.1, -0.05) is 0 Å². The Bertz CT molecular complexity index is 610. The van der Waals surface area contributed by atoms with Gasteiger partial charge in [0.15, 0.2) is 18.0 Å². The van der Waals surface area contributed by atoms with Crippen molar-refractivity contribution >= 4 is 17.5 Å². The fourth-order valence-corrected chi connectivity index (χ4v) is 2.79. The van der Waals surface area contributed by atoms with Crippen LogP contribution in [-0.4, -0.2) is 41.3 Å². The molecule has 0 aromatic carbocycles. The zero-order chi connectivity index (χ0) is 16.4. The smallest absolute Gasteiger partial charge is 0.335 e. The summed E-state index contributed by atoms with van der Waals surface area (Å²) in [6.45, 7) is 6.97. The minimum absolute atomic E-state index is 0.102. The van der Waals surface area contributed by atoms with E-state index in [9.17, 15) is 14.4 Å². The maximum absolute atomic E-state index is 12.4. The third-order valence-electron chi connectivity index (χ3n) is 3.89. The highest BCUT2D eigenvalue weighted by Crippen LogP contribution is 2.21. The molecule has 6 heteroatoms. The van der Waals surface area contributed by atoms with Gasteiger partial charge in [0.05, 0.1) is 5.69 Å². The van der Waals surface area contributed by atoms with E-state index in [0.717, 1.165) is 6.42 Å². The van der Waals surface area contributed by atoms with E-state index in [1.807, 2.05) is 0 Å². The average molecular weight is 307 g/mol. The Morgan fingerprint density at radius 3 is 2.50 bits per heavy atom. The Hall–Kier alpha value is -1.95. The van der Waals surface area contributed by atoms with Crippen molar-refractivity contribution in [1.82, 2.24) is 4.98 Å². The third-order valence-corrected chi connectivity index (χ3v) is 3.89. The van der Waals surface area contributed by atoms with Gasteiger partial charge in [-0.25, -0.2) is 4.79 Å². The number of esters is 1. The lowest BCUT2D eigenvalue weighted by Crippen LogP contribution is -2.31. The van der Waals surface area contributed by atoms with E-state index in [1.54, 1.807) is 13.8 Å². The molecule has 0 radical (unpaired) electrons. The number of aryl methyl sites for hydroxylation is 1. The number of hydrogen-bond donors (Lipinski definition) is 1. The van der Waals surface area contributed by atoms with Crippen molar-refractivity contribution in [2.45, 2.75) is 52.7 Å². The molecule has 2 atom stereocenters. The van der Waals surface area contributed by atoms with Crippen LogP contribution in [0.4, 0.5) is 0 Å². The van der Waals surface area contributed by atoms with E-state index in [-0.39, 0.29) is 11.6 Å². The largest absolute Gasteiger partial charge is 0.452 e. The number of carbonyl (C=O) groups is 3. The Morgan fingerprint density at radius 2 is 2.00 bits per heavy atom. The van der Waals surface area contributed by atoms with E-state index in [0.29, 0.717) is 35.5 Å². The van der Waals surface area contributed by atoms with Crippen molar-refractivity contribution in [3.05, 3.63) is 22.5 Å². The van der Waals surface area contributed by atoms with Crippen LogP contribution in [0.15, 0.2) is 0 Å². The summed E-state index contributed by atoms with van der Waals surface area (Å²) < 4.78 is 10.4. The lowest BCUT2D eigenvalue weighted by molar-refractivity contribution is -0.156. The van der Waals surface area contributed by atoms with Crippen LogP contribution < -0.4 is 0 Å². The number of aromatic amines is 1. The van der Waals surface area contributed by atoms with Gasteiger partial charge < -0.3 is 14.5 Å². The van der Waals surface area contributed by atoms with Crippen LogP contribution in [0.3, 0.4) is 0 Å². The molecule has 2 heterocycles. The fraction of sp³-hybridized carbons (Fsp3) is 0.562. The summed E-state index contributed by atoms with van der Waals surface area (Å²) in [6, 6.07) is 0. The minimum Gasteiger partial charge on any atom is -0.452 e. The summed E-state index contributed by atoms with van der Waals surface area (Å²) in [5.41, 5.74) is 2.07. The number of carbonyl (C=O) groups excluding carboxylic acids is 3. The van der Waals surface area contributed by atoms with Crippen LogP contribution in [0, 0.1) is 13.8 Å². The number of Topliss-reactive ketones (excluding diaryl/α,β-unsaturated/α-hetero) is 2. The SMILES string of the molecule is CC(=O)c1c(C)[nH]c(C(=O)[C@@H](C)OC(=O)[C@@H]2CCCO2)c1C. The second-order valence-corrected chi connectivity index (χ2v) is 5.63. The standard InChI is InChI=1S/C16H21NO5/c1-8-13(10(3)18)9(2)17-14(8)15(19)11(4)22-16(20)12-6-5-7-21-12/h11-12,17H,5-7H2,1-4H3/t11-,12+/m1/s1. The van der Waals surface area contributed by atoms with E-state index < -0.39 is 18.2 Å². The molecule has 1 aliphatic rings. The molecule has 120 valence electrons. The highest BCUT2D eigenvalue weighted by Gasteiger charge is 2.30. The van der Waals surface area contributed by atoms with Gasteiger partial charge in [-0.15, -0.1) is 0 Å². The molecule has 0 saturated carbocycles. The van der Waals surface area contributed by atoms with Gasteiger partial charge in [0.1, 0.15) is 0 Å². The Morgan fingerprint density at radius 1 is 1.32 bits per heavy atom. The summed E-state index contributed by atoms with van der Waals surface area (Å²) in [5.74, 6) is -0.958. The predicted octanol–water partition coefficient (Wildman–Crippen LogP) is 2.13. The molecule has 0 bridgehead atoms. The van der Waals surface area contributed by atoms with E-state index in [1.165, 1.54) is 13.8 Å². The van der Waals surface area contributed by atoms with Gasteiger partial charge in [0.2, 0.25) is 5.78 Å². The quantitative estimate of drug-likeness (QED) is 0.665. The van der Waals surface area contributed by atoms with Gasteiger partial charge in [0.25, 0.3) is 0 Å². The van der Waals surface area contributed by atoms with Crippen LogP contribution >= 0.6 is 0 Å². The van der Waals surface area contributed by atoms with E-state index in [4.69, 9.17) is 9.47 Å². The molecule has 6 nitrogen and oxygen atoms in total. The molecule has 0 unspecified atom stereocenters. The topological polar surface area (TPSA) is 85.5 Å². The predicted molar refractivity (Wildman–Crippen MR) is 79.1 cm³/mol. The molecule has 2 rings (SSSR count). The third kappa shape index (κ3) is 3.11. The van der Waals surface area contributed by atoms with Crippen molar-refractivity contribution in [1.29, 1.82) is 0 Å². The van der Waals surface area contributed by atoms with Crippen molar-refractivity contribution in [3.63, 3.8) is 0 Å². The maximum atomic E-state index is 12.4. The Balaban J connectivity index is 2.12. The van der Waals surface area contributed by atoms with Crippen molar-refractivity contribution in [3.8, 4) is 0 Å². The van der Waals surface area contributed by atoms with Crippen LogP contribution in [0.1, 0.15) is 58.8 Å². The molecule has 22 heavy (non-hydrogen) atoms. The van der Waals surface area contributed by atoms with Crippen molar-refractivity contribution < 1.29 is 23.9 Å². The van der Waals surface area contributed by atoms with Crippen LogP contribution in [0.5, 0.6) is 0 Å². The monoisotopic (exact) mass is 307 g/mol. The molecule has 0 spiro atoms. The molecular weight excluding hydrogens is 286 g/mol. The van der Waals surface area contributed by atoms with Gasteiger partial charge in [-0.05, 0) is 46.1 Å². The first-order valence-electron chi connectivity index (χ1n) is 7.39. The summed E-state index contributed by atoms with van der Waals surface area (Å²) >= 11 is 0. The normalized spacial score (nSPS) is 19.0. The first kappa shape index (κ1) is 16.4. The lowest BCUT2D eigenvalue weighted by atomic mass is 10.0. The first-order valence-corrected chi connectivity index (χ1v) is 7.39. The summed E-state index contributed by atoms with van der Waals surface area (Å²) in [5, 5.41) is 0. The number of rotatable bonds is 5. The maximum Gasteiger partial charge on any atom is 0.335 e. The molecule has 0 aliphatic carbocycles. The van der Waals surface area contributed by atoms with Gasteiger partial charge >= 0.3 is 5.97 Å². The minimum atomic E-state index is -0.923. The van der Waals surface area contributed by atoms with Crippen LogP contribution in [0.2, 0.25) is 0 Å². The van der Waals surface area contributed by atoms with E-state index in [2.05, 4.69) is 4.98 Å². The van der Waals surface area contributed by atoms with Crippen LogP contribution in [-0.2, 0) is 14.3 Å². The number of ether oxygens (including phenoxy) is 2. The highest BCUT2D eigenvalue weighted by atomic mass is 16.6. The fourth-order valence-electron chi connectivity index (χ4n) is 2.79. The molecule has 1 N–H and O–H groups in total. The number of hydrogen-bond acceptors (Lipinski definition) is 5. The molecule has 0 amide bonds. The number of aromatic nitrogens is 1. The zero-order valence-electron chi connectivity index (χ0n) is 13.3. The number of ketones is 2. The Labute approximate surface area is 129 Å². The number of H-pyrrole nitrogens is 1. The average Bonchev–Trinajstić information content (AvgIpc) is 3.05. The summed E-state index contributed by atoms with van der Waals surface area (Å²) in [7, 11) is 0. The molecule has 1 aliphatic heterocycles. The summed E-state index contributed by atoms with van der Waals surface area (Å²) in [6.07, 6.45) is -0.0591. The van der Waals surface area contributed by atoms with Gasteiger partial charge in [-0.2, -0.15) is 0 Å². The van der Waals surface area contributed by atoms with Gasteiger partial charge in [-0.3, -0.25) is 9.59 Å². The first-order chi connectivity index (χ1) is 10.3. The molecule has 1 aromatic rings. The lowest BCUT2D eigenvalue weighted by Gasteiger charge is -2.15. The second-order valence-electron chi connectivity index (χ2n) is 5.63. The van der Waals surface area contributed by atoms with Crippen LogP contribution in [0.25, 0.3) is 0 Å².